The molecule has 1 N–H and O–H groups in total. The summed E-state index contributed by atoms with van der Waals surface area (Å²) in [6.45, 7) is 7.26. The van der Waals surface area contributed by atoms with Crippen molar-refractivity contribution in [3.8, 4) is 5.75 Å². The Bertz CT molecular complexity index is 944. The Kier molecular flexibility index (Phi) is 5.71. The summed E-state index contributed by atoms with van der Waals surface area (Å²) in [5, 5.41) is 2.82. The van der Waals surface area contributed by atoms with E-state index in [1.807, 2.05) is 20.8 Å². The van der Waals surface area contributed by atoms with Gasteiger partial charge in [-0.2, -0.15) is 0 Å². The van der Waals surface area contributed by atoms with E-state index >= 15 is 0 Å². The Morgan fingerprint density at radius 1 is 1.24 bits per heavy atom. The lowest BCUT2D eigenvalue weighted by atomic mass is 9.78. The van der Waals surface area contributed by atoms with Crippen LogP contribution in [0.5, 0.6) is 5.75 Å². The lowest BCUT2D eigenvalue weighted by molar-refractivity contribution is -0.131. The number of rotatable bonds is 5. The van der Waals surface area contributed by atoms with Gasteiger partial charge in [-0.3, -0.25) is 14.6 Å². The first kappa shape index (κ1) is 20.9. The lowest BCUT2D eigenvalue weighted by Crippen LogP contribution is -2.33. The molecule has 0 unspecified atom stereocenters. The van der Waals surface area contributed by atoms with E-state index in [1.54, 1.807) is 12.1 Å². The number of pyridine rings is 1. The maximum Gasteiger partial charge on any atom is 0.254 e. The molecule has 3 atom stereocenters. The number of aromatic nitrogens is 1. The van der Waals surface area contributed by atoms with Crippen LogP contribution in [0, 0.1) is 11.7 Å². The van der Waals surface area contributed by atoms with Gasteiger partial charge in [-0.25, -0.2) is 4.39 Å². The van der Waals surface area contributed by atoms with E-state index in [0.717, 1.165) is 0 Å². The molecule has 1 aromatic heterocycles. The van der Waals surface area contributed by atoms with Gasteiger partial charge < -0.3 is 14.8 Å². The predicted octanol–water partition coefficient (Wildman–Crippen LogP) is 3.97. The van der Waals surface area contributed by atoms with Gasteiger partial charge in [-0.05, 0) is 38.0 Å². The number of nitrogens with zero attached hydrogens (tertiary/aromatic N) is 1. The van der Waals surface area contributed by atoms with Crippen molar-refractivity contribution in [1.29, 1.82) is 0 Å². The maximum atomic E-state index is 13.7. The van der Waals surface area contributed by atoms with Crippen molar-refractivity contribution in [2.75, 3.05) is 12.4 Å². The zero-order valence-electron chi connectivity index (χ0n) is 17.2. The van der Waals surface area contributed by atoms with Gasteiger partial charge in [0.05, 0.1) is 12.7 Å². The van der Waals surface area contributed by atoms with E-state index in [-0.39, 0.29) is 29.2 Å². The van der Waals surface area contributed by atoms with Crippen LogP contribution in [0.4, 0.5) is 10.1 Å². The number of Topliss-reactive ketones (excluding diaryl/α,β-unsaturated/α-hetero) is 1. The van der Waals surface area contributed by atoms with Gasteiger partial charge in [0.1, 0.15) is 23.4 Å². The van der Waals surface area contributed by atoms with Gasteiger partial charge >= 0.3 is 0 Å². The smallest absolute Gasteiger partial charge is 0.254 e. The molecule has 0 radical (unpaired) electrons. The molecular weight excluding hydrogens is 375 g/mol. The zero-order valence-corrected chi connectivity index (χ0v) is 17.2. The van der Waals surface area contributed by atoms with Crippen LogP contribution in [0.2, 0.25) is 0 Å². The highest BCUT2D eigenvalue weighted by Crippen LogP contribution is 2.48. The van der Waals surface area contributed by atoms with Crippen LogP contribution in [0.15, 0.2) is 36.5 Å². The third-order valence-corrected chi connectivity index (χ3v) is 5.59. The number of carbonyl (C=O) groups is 2. The Labute approximate surface area is 169 Å². The lowest BCUT2D eigenvalue weighted by Gasteiger charge is -2.25. The van der Waals surface area contributed by atoms with Crippen molar-refractivity contribution in [2.24, 2.45) is 5.92 Å². The number of nitrogens with one attached hydrogen (secondary N) is 1. The molecule has 2 heterocycles. The van der Waals surface area contributed by atoms with E-state index in [0.29, 0.717) is 17.0 Å². The summed E-state index contributed by atoms with van der Waals surface area (Å²) in [6, 6.07) is 7.44. The van der Waals surface area contributed by atoms with Crippen LogP contribution < -0.4 is 10.1 Å². The summed E-state index contributed by atoms with van der Waals surface area (Å²) in [5.41, 5.74) is 0.863. The molecule has 0 bridgehead atoms. The normalized spacial score (nSPS) is 22.9. The standard InChI is InChI=1S/C22H25FN2O4/c1-12-19(16-7-6-14(23)10-18(16)28-5)20(29-22(12,3)4)21(27)25-15-8-9-24-17(11-15)13(2)26/h6-12,19-20H,1-5H3,(H,24,25,27)/t12-,19-,20-/m1/s1. The highest BCUT2D eigenvalue weighted by atomic mass is 19.1. The Morgan fingerprint density at radius 3 is 2.62 bits per heavy atom. The first-order valence-electron chi connectivity index (χ1n) is 9.43. The number of hydrogen-bond donors (Lipinski definition) is 1. The first-order chi connectivity index (χ1) is 13.6. The molecule has 1 aliphatic rings. The number of ketones is 1. The molecule has 0 spiro atoms. The molecule has 1 fully saturated rings. The third-order valence-electron chi connectivity index (χ3n) is 5.59. The fourth-order valence-electron chi connectivity index (χ4n) is 3.73. The minimum atomic E-state index is -0.812. The van der Waals surface area contributed by atoms with Gasteiger partial charge in [0.15, 0.2) is 5.78 Å². The molecule has 29 heavy (non-hydrogen) atoms. The summed E-state index contributed by atoms with van der Waals surface area (Å²) in [4.78, 5) is 28.7. The monoisotopic (exact) mass is 400 g/mol. The van der Waals surface area contributed by atoms with Crippen LogP contribution in [-0.2, 0) is 9.53 Å². The number of ether oxygens (including phenoxy) is 2. The van der Waals surface area contributed by atoms with Crippen LogP contribution in [0.1, 0.15) is 49.7 Å². The topological polar surface area (TPSA) is 77.5 Å². The minimum Gasteiger partial charge on any atom is -0.496 e. The highest BCUT2D eigenvalue weighted by molar-refractivity contribution is 5.97. The average molecular weight is 400 g/mol. The summed E-state index contributed by atoms with van der Waals surface area (Å²) < 4.78 is 25.2. The molecule has 7 heteroatoms. The fourth-order valence-corrected chi connectivity index (χ4v) is 3.73. The Morgan fingerprint density at radius 2 is 1.97 bits per heavy atom. The van der Waals surface area contributed by atoms with Crippen LogP contribution >= 0.6 is 0 Å². The van der Waals surface area contributed by atoms with Crippen LogP contribution in [0.25, 0.3) is 0 Å². The van der Waals surface area contributed by atoms with Crippen molar-refractivity contribution < 1.29 is 23.5 Å². The van der Waals surface area contributed by atoms with Gasteiger partial charge in [-0.1, -0.05) is 13.0 Å². The molecule has 1 amide bonds. The van der Waals surface area contributed by atoms with Crippen molar-refractivity contribution in [2.45, 2.75) is 45.3 Å². The van der Waals surface area contributed by atoms with E-state index < -0.39 is 17.5 Å². The van der Waals surface area contributed by atoms with E-state index in [1.165, 1.54) is 38.4 Å². The van der Waals surface area contributed by atoms with E-state index in [4.69, 9.17) is 9.47 Å². The summed E-state index contributed by atoms with van der Waals surface area (Å²) >= 11 is 0. The molecular formula is C22H25FN2O4. The number of hydrogen-bond acceptors (Lipinski definition) is 5. The first-order valence-corrected chi connectivity index (χ1v) is 9.43. The van der Waals surface area contributed by atoms with Gasteiger partial charge in [0.2, 0.25) is 0 Å². The van der Waals surface area contributed by atoms with E-state index in [9.17, 15) is 14.0 Å². The zero-order chi connectivity index (χ0) is 21.3. The van der Waals surface area contributed by atoms with Crippen molar-refractivity contribution in [3.63, 3.8) is 0 Å². The number of methoxy groups -OCH3 is 1. The number of anilines is 1. The van der Waals surface area contributed by atoms with Gasteiger partial charge in [0.25, 0.3) is 5.91 Å². The van der Waals surface area contributed by atoms with Crippen LogP contribution in [0.3, 0.4) is 0 Å². The van der Waals surface area contributed by atoms with Crippen LogP contribution in [-0.4, -0.2) is 35.5 Å². The predicted molar refractivity (Wildman–Crippen MR) is 107 cm³/mol. The number of halogens is 1. The molecule has 6 nitrogen and oxygen atoms in total. The number of benzene rings is 1. The Balaban J connectivity index is 1.95. The highest BCUT2D eigenvalue weighted by Gasteiger charge is 2.51. The van der Waals surface area contributed by atoms with Crippen molar-refractivity contribution >= 4 is 17.4 Å². The quantitative estimate of drug-likeness (QED) is 0.769. The van der Waals surface area contributed by atoms with E-state index in [2.05, 4.69) is 10.3 Å². The molecule has 0 saturated carbocycles. The number of amides is 1. The second-order valence-electron chi connectivity index (χ2n) is 7.82. The molecule has 3 rings (SSSR count). The summed E-state index contributed by atoms with van der Waals surface area (Å²) in [6.07, 6.45) is 0.655. The second kappa shape index (κ2) is 7.91. The average Bonchev–Trinajstić information content (AvgIpc) is 2.91. The fraction of sp³-hybridized carbons (Fsp3) is 0.409. The summed E-state index contributed by atoms with van der Waals surface area (Å²) in [5.74, 6) is -0.950. The molecule has 154 valence electrons. The molecule has 1 aliphatic heterocycles. The van der Waals surface area contributed by atoms with Crippen molar-refractivity contribution in [3.05, 3.63) is 53.6 Å². The molecule has 1 aromatic carbocycles. The summed E-state index contributed by atoms with van der Waals surface area (Å²) in [7, 11) is 1.47. The number of carbonyl (C=O) groups excluding carboxylic acids is 2. The maximum absolute atomic E-state index is 13.7. The second-order valence-corrected chi connectivity index (χ2v) is 7.82. The van der Waals surface area contributed by atoms with Crippen molar-refractivity contribution in [1.82, 2.24) is 4.98 Å². The minimum absolute atomic E-state index is 0.0390. The third kappa shape index (κ3) is 4.15. The van der Waals surface area contributed by atoms with Gasteiger partial charge in [0, 0.05) is 36.4 Å². The van der Waals surface area contributed by atoms with Gasteiger partial charge in [-0.15, -0.1) is 0 Å². The molecule has 1 saturated heterocycles. The SMILES string of the molecule is COc1cc(F)ccc1[C@H]1[C@@H](C)C(C)(C)O[C@H]1C(=O)Nc1ccnc(C(C)=O)c1. The molecule has 0 aliphatic carbocycles. The Hall–Kier alpha value is -2.80. The molecule has 2 aromatic rings. The largest absolute Gasteiger partial charge is 0.496 e.